The molecule has 9 nitrogen and oxygen atoms in total. The molecule has 194 valence electrons. The van der Waals surface area contributed by atoms with Gasteiger partial charge in [0.05, 0.1) is 30.0 Å². The highest BCUT2D eigenvalue weighted by Crippen LogP contribution is 2.37. The first-order valence-corrected chi connectivity index (χ1v) is 13.2. The molecule has 2 aromatic rings. The minimum absolute atomic E-state index is 0.0565. The molecule has 3 aliphatic rings. The van der Waals surface area contributed by atoms with Crippen molar-refractivity contribution in [2.24, 2.45) is 0 Å². The largest absolute Gasteiger partial charge is 0.470 e. The first kappa shape index (κ1) is 24.9. The van der Waals surface area contributed by atoms with Crippen LogP contribution >= 0.6 is 0 Å². The number of carbonyl (C=O) groups excluding carboxylic acids is 1. The van der Waals surface area contributed by atoms with Crippen molar-refractivity contribution >= 4 is 17.5 Å². The molecule has 2 N–H and O–H groups in total. The quantitative estimate of drug-likeness (QED) is 0.607. The molecule has 2 atom stereocenters. The number of nitrogens with one attached hydrogen (secondary N) is 2. The summed E-state index contributed by atoms with van der Waals surface area (Å²) in [5.74, 6) is 1.31. The average Bonchev–Trinajstić information content (AvgIpc) is 3.12. The highest BCUT2D eigenvalue weighted by Gasteiger charge is 2.37. The van der Waals surface area contributed by atoms with Gasteiger partial charge in [-0.3, -0.25) is 9.69 Å². The van der Waals surface area contributed by atoms with Crippen molar-refractivity contribution in [3.63, 3.8) is 0 Å². The number of hydrogen-bond acceptors (Lipinski definition) is 8. The molecule has 5 rings (SSSR count). The third kappa shape index (κ3) is 5.48. The van der Waals surface area contributed by atoms with Gasteiger partial charge in [-0.25, -0.2) is 4.98 Å². The van der Waals surface area contributed by atoms with Crippen LogP contribution in [0.5, 0.6) is 5.88 Å². The second-order valence-corrected chi connectivity index (χ2v) is 10.6. The first-order chi connectivity index (χ1) is 17.3. The Morgan fingerprint density at radius 3 is 2.50 bits per heavy atom. The van der Waals surface area contributed by atoms with Gasteiger partial charge in [-0.15, -0.1) is 0 Å². The summed E-state index contributed by atoms with van der Waals surface area (Å²) in [6.45, 7) is 13.5. The van der Waals surface area contributed by atoms with Crippen LogP contribution in [-0.2, 0) is 16.1 Å². The molecule has 0 saturated carbocycles. The molecular weight excluding hydrogens is 456 g/mol. The molecule has 0 aliphatic carbocycles. The van der Waals surface area contributed by atoms with Crippen LogP contribution in [0.15, 0.2) is 24.3 Å². The molecule has 36 heavy (non-hydrogen) atoms. The maximum absolute atomic E-state index is 12.1. The Bertz CT molecular complexity index is 1080. The molecule has 4 heterocycles. The summed E-state index contributed by atoms with van der Waals surface area (Å²) in [4.78, 5) is 26.9. The zero-order valence-electron chi connectivity index (χ0n) is 21.8. The van der Waals surface area contributed by atoms with Crippen molar-refractivity contribution in [1.82, 2.24) is 20.2 Å². The molecule has 3 aliphatic heterocycles. The lowest BCUT2D eigenvalue weighted by atomic mass is 10.1. The summed E-state index contributed by atoms with van der Waals surface area (Å²) >= 11 is 0. The fraction of sp³-hybridized carbons (Fsp3) is 0.593. The Morgan fingerprint density at radius 2 is 1.83 bits per heavy atom. The van der Waals surface area contributed by atoms with E-state index in [0.717, 1.165) is 74.6 Å². The van der Waals surface area contributed by atoms with Crippen molar-refractivity contribution in [3.05, 3.63) is 29.8 Å². The van der Waals surface area contributed by atoms with Crippen LogP contribution in [0.3, 0.4) is 0 Å². The zero-order chi connectivity index (χ0) is 25.3. The maximum atomic E-state index is 12.1. The Labute approximate surface area is 213 Å². The lowest BCUT2D eigenvalue weighted by Crippen LogP contribution is -2.43. The van der Waals surface area contributed by atoms with E-state index in [4.69, 9.17) is 19.4 Å². The van der Waals surface area contributed by atoms with Gasteiger partial charge in [0.2, 0.25) is 17.7 Å². The van der Waals surface area contributed by atoms with Gasteiger partial charge in [-0.05, 0) is 51.9 Å². The lowest BCUT2D eigenvalue weighted by molar-refractivity contribution is -0.115. The monoisotopic (exact) mass is 494 g/mol. The molecule has 0 radical (unpaired) electrons. The fourth-order valence-corrected chi connectivity index (χ4v) is 5.33. The summed E-state index contributed by atoms with van der Waals surface area (Å²) in [7, 11) is 0. The summed E-state index contributed by atoms with van der Waals surface area (Å²) in [5, 5.41) is 5.99. The molecule has 1 aromatic carbocycles. The van der Waals surface area contributed by atoms with Gasteiger partial charge in [0.15, 0.2) is 0 Å². The van der Waals surface area contributed by atoms with Crippen molar-refractivity contribution in [3.8, 4) is 17.1 Å². The predicted molar refractivity (Wildman–Crippen MR) is 140 cm³/mol. The van der Waals surface area contributed by atoms with Gasteiger partial charge in [0.25, 0.3) is 0 Å². The van der Waals surface area contributed by atoms with Crippen LogP contribution in [0.4, 0.5) is 11.6 Å². The van der Waals surface area contributed by atoms with Crippen LogP contribution in [0.25, 0.3) is 11.3 Å². The Hall–Kier alpha value is -2.75. The molecule has 1 amide bonds. The Morgan fingerprint density at radius 1 is 1.11 bits per heavy atom. The van der Waals surface area contributed by atoms with Gasteiger partial charge in [-0.2, -0.15) is 4.98 Å². The standard InChI is InChI=1S/C27H38N6O3/c1-5-28-13-23(34)29-19-9-7-18(8-10-19)24-22-16-32(6-2)17-27(3,4)36-25(22)31-26(30-24)33-14-20-11-12-21(15-33)35-20/h7-10,20-21,28H,5-6,11-17H2,1-4H3,(H,29,34). The van der Waals surface area contributed by atoms with Crippen molar-refractivity contribution in [1.29, 1.82) is 0 Å². The van der Waals surface area contributed by atoms with E-state index in [1.54, 1.807) is 0 Å². The van der Waals surface area contributed by atoms with E-state index in [9.17, 15) is 4.79 Å². The summed E-state index contributed by atoms with van der Waals surface area (Å²) < 4.78 is 12.6. The number of rotatable bonds is 7. The number of amides is 1. The molecule has 9 heteroatoms. The van der Waals surface area contributed by atoms with Crippen LogP contribution in [-0.4, -0.2) is 77.9 Å². The number of fused-ring (bicyclic) bond motifs is 3. The average molecular weight is 495 g/mol. The van der Waals surface area contributed by atoms with E-state index in [-0.39, 0.29) is 23.7 Å². The molecule has 2 saturated heterocycles. The number of aromatic nitrogens is 2. The molecule has 2 unspecified atom stereocenters. The number of carbonyl (C=O) groups is 1. The van der Waals surface area contributed by atoms with E-state index in [1.807, 2.05) is 31.2 Å². The maximum Gasteiger partial charge on any atom is 0.238 e. The number of nitrogens with zero attached hydrogens (tertiary/aromatic N) is 4. The number of ether oxygens (including phenoxy) is 2. The number of likely N-dealkylation sites (N-methyl/N-ethyl adjacent to an activating group) is 2. The van der Waals surface area contributed by atoms with Gasteiger partial charge in [0.1, 0.15) is 5.60 Å². The third-order valence-corrected chi connectivity index (χ3v) is 7.07. The van der Waals surface area contributed by atoms with Gasteiger partial charge >= 0.3 is 0 Å². The van der Waals surface area contributed by atoms with Crippen LogP contribution < -0.4 is 20.3 Å². The Kier molecular flexibility index (Phi) is 7.14. The van der Waals surface area contributed by atoms with E-state index in [1.165, 1.54) is 0 Å². The van der Waals surface area contributed by atoms with Crippen molar-refractivity contribution in [2.75, 3.05) is 49.5 Å². The van der Waals surface area contributed by atoms with Crippen LogP contribution in [0.2, 0.25) is 0 Å². The van der Waals surface area contributed by atoms with E-state index in [2.05, 4.69) is 41.2 Å². The van der Waals surface area contributed by atoms with E-state index < -0.39 is 0 Å². The second kappa shape index (κ2) is 10.3. The third-order valence-electron chi connectivity index (χ3n) is 7.07. The highest BCUT2D eigenvalue weighted by atomic mass is 16.5. The van der Waals surface area contributed by atoms with E-state index >= 15 is 0 Å². The Balaban J connectivity index is 1.51. The summed E-state index contributed by atoms with van der Waals surface area (Å²) in [5.41, 5.74) is 3.27. The number of morpholine rings is 1. The molecule has 2 fully saturated rings. The summed E-state index contributed by atoms with van der Waals surface area (Å²) in [6.07, 6.45) is 2.67. The van der Waals surface area contributed by atoms with Gasteiger partial charge < -0.3 is 25.0 Å². The molecule has 2 bridgehead atoms. The van der Waals surface area contributed by atoms with Crippen LogP contribution in [0.1, 0.15) is 46.1 Å². The highest BCUT2D eigenvalue weighted by molar-refractivity contribution is 5.92. The fourth-order valence-electron chi connectivity index (χ4n) is 5.33. The molecule has 1 aromatic heterocycles. The lowest BCUT2D eigenvalue weighted by Gasteiger charge is -2.33. The van der Waals surface area contributed by atoms with E-state index in [0.29, 0.717) is 18.4 Å². The minimum atomic E-state index is -0.366. The minimum Gasteiger partial charge on any atom is -0.470 e. The van der Waals surface area contributed by atoms with Crippen molar-refractivity contribution < 1.29 is 14.3 Å². The SMILES string of the molecule is CCNCC(=O)Nc1ccc(-c2nc(N3CC4CCC(C3)O4)nc3c2CN(CC)CC(C)(C)O3)cc1. The van der Waals surface area contributed by atoms with Gasteiger partial charge in [-0.1, -0.05) is 26.0 Å². The van der Waals surface area contributed by atoms with Gasteiger partial charge in [0, 0.05) is 37.4 Å². The molecule has 0 spiro atoms. The predicted octanol–water partition coefficient (Wildman–Crippen LogP) is 3.05. The zero-order valence-corrected chi connectivity index (χ0v) is 21.8. The normalized spacial score (nSPS) is 23.1. The topological polar surface area (TPSA) is 91.9 Å². The molecular formula is C27H38N6O3. The number of hydrogen-bond donors (Lipinski definition) is 2. The number of anilines is 2. The first-order valence-electron chi connectivity index (χ1n) is 13.2. The van der Waals surface area contributed by atoms with Crippen molar-refractivity contribution in [2.45, 2.75) is 64.9 Å². The summed E-state index contributed by atoms with van der Waals surface area (Å²) in [6, 6.07) is 7.90. The van der Waals surface area contributed by atoms with Crippen LogP contribution in [0, 0.1) is 0 Å². The smallest absolute Gasteiger partial charge is 0.238 e. The number of benzene rings is 1. The second-order valence-electron chi connectivity index (χ2n) is 10.6.